The highest BCUT2D eigenvalue weighted by Crippen LogP contribution is 2.44. The average Bonchev–Trinajstić information content (AvgIpc) is 2.95. The molecule has 2 aliphatic heterocycles. The smallest absolute Gasteiger partial charge is 0.368 e. The molecule has 1 N–H and O–H groups in total. The number of nitrogens with one attached hydrogen (secondary N) is 1. The summed E-state index contributed by atoms with van der Waals surface area (Å²) in [6, 6.07) is -0.385. The maximum Gasteiger partial charge on any atom is 0.410 e. The van der Waals surface area contributed by atoms with Crippen LogP contribution >= 0.6 is 0 Å². The Kier molecular flexibility index (Phi) is 3.77. The predicted octanol–water partition coefficient (Wildman–Crippen LogP) is 3.51. The highest BCUT2D eigenvalue weighted by atomic mass is 19.4. The van der Waals surface area contributed by atoms with Gasteiger partial charge in [0.2, 0.25) is 5.91 Å². The number of aromatic nitrogens is 2. The molecule has 1 aliphatic carbocycles. The summed E-state index contributed by atoms with van der Waals surface area (Å²) in [5, 5.41) is 7.38. The second-order valence-electron chi connectivity index (χ2n) is 7.75. The van der Waals surface area contributed by atoms with E-state index < -0.39 is 12.2 Å². The Hall–Kier alpha value is -1.73. The Morgan fingerprint density at radius 1 is 1.32 bits per heavy atom. The van der Waals surface area contributed by atoms with E-state index in [1.54, 1.807) is 13.0 Å². The molecular formula is C17H23F3N4O. The van der Waals surface area contributed by atoms with Gasteiger partial charge in [-0.3, -0.25) is 4.79 Å². The molecule has 5 nitrogen and oxygen atoms in total. The van der Waals surface area contributed by atoms with Gasteiger partial charge >= 0.3 is 6.18 Å². The number of alkyl halides is 3. The summed E-state index contributed by atoms with van der Waals surface area (Å²) in [4.78, 5) is 14.4. The van der Waals surface area contributed by atoms with E-state index in [4.69, 9.17) is 0 Å². The van der Waals surface area contributed by atoms with Gasteiger partial charge in [-0.05, 0) is 38.5 Å². The molecule has 25 heavy (non-hydrogen) atoms. The Morgan fingerprint density at radius 2 is 2.04 bits per heavy atom. The minimum atomic E-state index is -4.33. The van der Waals surface area contributed by atoms with E-state index in [9.17, 15) is 18.0 Å². The van der Waals surface area contributed by atoms with Crippen LogP contribution in [0.15, 0.2) is 6.07 Å². The van der Waals surface area contributed by atoms with Crippen molar-refractivity contribution >= 4 is 11.7 Å². The molecule has 3 heterocycles. The molecule has 138 valence electrons. The van der Waals surface area contributed by atoms with E-state index in [-0.39, 0.29) is 30.3 Å². The first kappa shape index (κ1) is 16.7. The van der Waals surface area contributed by atoms with Gasteiger partial charge in [0.25, 0.3) is 0 Å². The lowest BCUT2D eigenvalue weighted by atomic mass is 10.1. The first-order valence-electron chi connectivity index (χ1n) is 8.99. The molecule has 1 saturated carbocycles. The number of anilines is 1. The molecule has 3 aliphatic rings. The van der Waals surface area contributed by atoms with Crippen molar-refractivity contribution in [2.45, 2.75) is 63.8 Å². The summed E-state index contributed by atoms with van der Waals surface area (Å²) in [5.74, 6) is 1.03. The maximum absolute atomic E-state index is 13.4. The molecule has 0 spiro atoms. The van der Waals surface area contributed by atoms with Gasteiger partial charge in [-0.15, -0.1) is 0 Å². The molecule has 4 rings (SSSR count). The van der Waals surface area contributed by atoms with Crippen LogP contribution < -0.4 is 5.32 Å². The SMILES string of the molecule is C[C@@H]1C[C@H](C(F)(F)F)n2nc([C@H]3CCCN3C(=O)[C@H]3C[C@H]3C)cc2N1. The monoisotopic (exact) mass is 356 g/mol. The standard InChI is InChI=1S/C17H23F3N4O/c1-9-6-11(9)16(25)23-5-3-4-13(23)12-8-15-21-10(2)7-14(17(18,19)20)24(15)22-12/h8-11,13-14,21H,3-7H2,1-2H3/t9-,10-,11+,13-,14-/m1/s1. The van der Waals surface area contributed by atoms with Gasteiger partial charge in [-0.1, -0.05) is 6.92 Å². The first-order valence-corrected chi connectivity index (χ1v) is 8.99. The second-order valence-corrected chi connectivity index (χ2v) is 7.75. The second kappa shape index (κ2) is 5.64. The maximum atomic E-state index is 13.4. The summed E-state index contributed by atoms with van der Waals surface area (Å²) >= 11 is 0. The molecule has 0 aromatic carbocycles. The van der Waals surface area contributed by atoms with Crippen LogP contribution in [0.1, 0.15) is 57.3 Å². The minimum Gasteiger partial charge on any atom is -0.368 e. The highest BCUT2D eigenvalue weighted by molar-refractivity contribution is 5.82. The number of fused-ring (bicyclic) bond motifs is 1. The van der Waals surface area contributed by atoms with Gasteiger partial charge in [0.1, 0.15) is 5.82 Å². The van der Waals surface area contributed by atoms with Crippen LogP contribution in [0.3, 0.4) is 0 Å². The third kappa shape index (κ3) is 2.89. The Morgan fingerprint density at radius 3 is 2.68 bits per heavy atom. The predicted molar refractivity (Wildman–Crippen MR) is 86.0 cm³/mol. The van der Waals surface area contributed by atoms with Crippen LogP contribution in [0.5, 0.6) is 0 Å². The van der Waals surface area contributed by atoms with Crippen molar-refractivity contribution in [3.63, 3.8) is 0 Å². The molecule has 1 amide bonds. The topological polar surface area (TPSA) is 50.2 Å². The molecule has 0 unspecified atom stereocenters. The lowest BCUT2D eigenvalue weighted by Gasteiger charge is -2.31. The van der Waals surface area contributed by atoms with Gasteiger partial charge in [0.15, 0.2) is 6.04 Å². The molecule has 8 heteroatoms. The van der Waals surface area contributed by atoms with Gasteiger partial charge in [0.05, 0.1) is 11.7 Å². The molecule has 5 atom stereocenters. The largest absolute Gasteiger partial charge is 0.410 e. The van der Waals surface area contributed by atoms with Crippen molar-refractivity contribution in [3.05, 3.63) is 11.8 Å². The molecule has 1 saturated heterocycles. The highest BCUT2D eigenvalue weighted by Gasteiger charge is 2.47. The number of hydrogen-bond donors (Lipinski definition) is 1. The van der Waals surface area contributed by atoms with Crippen molar-refractivity contribution in [1.82, 2.24) is 14.7 Å². The Bertz CT molecular complexity index is 686. The summed E-state index contributed by atoms with van der Waals surface area (Å²) in [6.07, 6.45) is -1.83. The third-order valence-corrected chi connectivity index (χ3v) is 5.70. The first-order chi connectivity index (χ1) is 11.8. The van der Waals surface area contributed by atoms with Crippen LogP contribution in [0.25, 0.3) is 0 Å². The van der Waals surface area contributed by atoms with Gasteiger partial charge in [-0.2, -0.15) is 18.3 Å². The summed E-state index contributed by atoms with van der Waals surface area (Å²) < 4.78 is 41.2. The zero-order valence-electron chi connectivity index (χ0n) is 14.4. The summed E-state index contributed by atoms with van der Waals surface area (Å²) in [5.41, 5.74) is 0.574. The minimum absolute atomic E-state index is 0.0372. The fourth-order valence-corrected chi connectivity index (χ4v) is 4.16. The molecule has 0 radical (unpaired) electrons. The van der Waals surface area contributed by atoms with Crippen molar-refractivity contribution in [2.75, 3.05) is 11.9 Å². The van der Waals surface area contributed by atoms with E-state index in [0.717, 1.165) is 23.9 Å². The van der Waals surface area contributed by atoms with E-state index in [1.165, 1.54) is 0 Å². The van der Waals surface area contributed by atoms with E-state index in [1.807, 2.05) is 4.90 Å². The summed E-state index contributed by atoms with van der Waals surface area (Å²) in [7, 11) is 0. The van der Waals surface area contributed by atoms with Gasteiger partial charge in [0, 0.05) is 24.6 Å². The number of likely N-dealkylation sites (tertiary alicyclic amines) is 1. The molecule has 0 bridgehead atoms. The zero-order chi connectivity index (χ0) is 17.9. The van der Waals surface area contributed by atoms with Gasteiger partial charge in [-0.25, -0.2) is 4.68 Å². The van der Waals surface area contributed by atoms with E-state index >= 15 is 0 Å². The normalized spacial score (nSPS) is 34.6. The van der Waals surface area contributed by atoms with Crippen LogP contribution in [0.4, 0.5) is 19.0 Å². The molecule has 1 aromatic heterocycles. The van der Waals surface area contributed by atoms with Crippen molar-refractivity contribution in [1.29, 1.82) is 0 Å². The van der Waals surface area contributed by atoms with Crippen molar-refractivity contribution in [3.8, 4) is 0 Å². The number of hydrogen-bond acceptors (Lipinski definition) is 3. The lowest BCUT2D eigenvalue weighted by Crippen LogP contribution is -2.38. The van der Waals surface area contributed by atoms with E-state index in [2.05, 4.69) is 17.3 Å². The number of carbonyl (C=O) groups is 1. The van der Waals surface area contributed by atoms with Crippen LogP contribution in [0.2, 0.25) is 0 Å². The zero-order valence-corrected chi connectivity index (χ0v) is 14.4. The van der Waals surface area contributed by atoms with Crippen LogP contribution in [-0.2, 0) is 4.79 Å². The number of rotatable bonds is 2. The number of halogens is 3. The number of amides is 1. The van der Waals surface area contributed by atoms with Crippen molar-refractivity contribution in [2.24, 2.45) is 11.8 Å². The number of carbonyl (C=O) groups excluding carboxylic acids is 1. The van der Waals surface area contributed by atoms with E-state index in [0.29, 0.717) is 24.0 Å². The molecular weight excluding hydrogens is 333 g/mol. The fraction of sp³-hybridized carbons (Fsp3) is 0.765. The Labute approximate surface area is 144 Å². The molecule has 2 fully saturated rings. The van der Waals surface area contributed by atoms with Crippen LogP contribution in [-0.4, -0.2) is 39.4 Å². The molecule has 1 aromatic rings. The number of nitrogens with zero attached hydrogens (tertiary/aromatic N) is 3. The quantitative estimate of drug-likeness (QED) is 0.882. The van der Waals surface area contributed by atoms with Gasteiger partial charge < -0.3 is 10.2 Å². The third-order valence-electron chi connectivity index (χ3n) is 5.70. The lowest BCUT2D eigenvalue weighted by molar-refractivity contribution is -0.173. The average molecular weight is 356 g/mol. The van der Waals surface area contributed by atoms with Crippen molar-refractivity contribution < 1.29 is 18.0 Å². The van der Waals surface area contributed by atoms with Crippen LogP contribution in [0, 0.1) is 11.8 Å². The Balaban J connectivity index is 1.62. The fourth-order valence-electron chi connectivity index (χ4n) is 4.16. The summed E-state index contributed by atoms with van der Waals surface area (Å²) in [6.45, 7) is 4.47.